The fraction of sp³-hybridized carbons (Fsp3) is 0.355. The molecule has 2 saturated heterocycles. The van der Waals surface area contributed by atoms with Crippen LogP contribution in [0.5, 0.6) is 0 Å². The zero-order valence-electron chi connectivity index (χ0n) is 23.4. The minimum absolute atomic E-state index is 0.0219. The predicted molar refractivity (Wildman–Crippen MR) is 167 cm³/mol. The summed E-state index contributed by atoms with van der Waals surface area (Å²) in [7, 11) is 0. The number of anilines is 2. The molecule has 0 bridgehead atoms. The zero-order chi connectivity index (χ0) is 29.7. The zero-order valence-corrected chi connectivity index (χ0v) is 24.9. The lowest BCUT2D eigenvalue weighted by Gasteiger charge is -2.38. The van der Waals surface area contributed by atoms with Crippen molar-refractivity contribution in [1.29, 1.82) is 0 Å². The molecule has 0 saturated carbocycles. The number of carbonyl (C=O) groups is 2. The van der Waals surface area contributed by atoms with Gasteiger partial charge in [0.1, 0.15) is 24.3 Å². The van der Waals surface area contributed by atoms with Crippen molar-refractivity contribution >= 4 is 57.7 Å². The number of para-hydroxylation sites is 1. The fourth-order valence-electron chi connectivity index (χ4n) is 6.42. The summed E-state index contributed by atoms with van der Waals surface area (Å²) in [6, 6.07) is 13.4. The molecule has 2 N–H and O–H groups in total. The van der Waals surface area contributed by atoms with Crippen molar-refractivity contribution in [2.75, 3.05) is 42.9 Å². The molecule has 0 unspecified atom stereocenters. The van der Waals surface area contributed by atoms with Crippen LogP contribution in [0.25, 0.3) is 22.2 Å². The average Bonchev–Trinajstić information content (AvgIpc) is 3.26. The van der Waals surface area contributed by atoms with E-state index in [0.29, 0.717) is 54.2 Å². The average molecular weight is 621 g/mol. The van der Waals surface area contributed by atoms with Crippen LogP contribution in [-0.4, -0.2) is 86.2 Å². The Morgan fingerprint density at radius 1 is 1.00 bits per heavy atom. The largest absolute Gasteiger partial charge is 0.389 e. The number of rotatable bonds is 5. The smallest absolute Gasteiger partial charge is 0.322 e. The second-order valence-corrected chi connectivity index (χ2v) is 12.2. The molecule has 7 rings (SSSR count). The summed E-state index contributed by atoms with van der Waals surface area (Å²) in [5.41, 5.74) is 4.12. The number of nitrogens with zero attached hydrogens (tertiary/aromatic N) is 6. The number of benzene rings is 2. The molecule has 0 spiro atoms. The molecule has 2 aromatic heterocycles. The quantitative estimate of drug-likeness (QED) is 0.336. The van der Waals surface area contributed by atoms with Gasteiger partial charge in [0, 0.05) is 61.8 Å². The number of nitrogens with one attached hydrogen (secondary N) is 1. The monoisotopic (exact) mass is 619 g/mol. The number of piperidine rings is 1. The van der Waals surface area contributed by atoms with E-state index in [4.69, 9.17) is 23.2 Å². The first-order valence-electron chi connectivity index (χ1n) is 14.5. The highest BCUT2D eigenvalue weighted by molar-refractivity contribution is 6.44. The van der Waals surface area contributed by atoms with Gasteiger partial charge in [-0.25, -0.2) is 14.8 Å². The first-order chi connectivity index (χ1) is 20.9. The number of fused-ring (bicyclic) bond motifs is 2. The third-order valence-electron chi connectivity index (χ3n) is 8.74. The lowest BCUT2D eigenvalue weighted by molar-refractivity contribution is -0.133. The van der Waals surface area contributed by atoms with Gasteiger partial charge in [-0.15, -0.1) is 0 Å². The highest BCUT2D eigenvalue weighted by Crippen LogP contribution is 2.41. The van der Waals surface area contributed by atoms with E-state index in [0.717, 1.165) is 47.0 Å². The number of likely N-dealkylation sites (tertiary alicyclic amines) is 1. The molecule has 43 heavy (non-hydrogen) atoms. The van der Waals surface area contributed by atoms with E-state index in [2.05, 4.69) is 21.4 Å². The van der Waals surface area contributed by atoms with Crippen molar-refractivity contribution in [2.45, 2.75) is 38.0 Å². The van der Waals surface area contributed by atoms with Gasteiger partial charge in [0.05, 0.1) is 21.5 Å². The van der Waals surface area contributed by atoms with Crippen molar-refractivity contribution in [2.24, 2.45) is 0 Å². The number of halogens is 2. The van der Waals surface area contributed by atoms with Gasteiger partial charge in [-0.05, 0) is 37.0 Å². The molecule has 10 nitrogen and oxygen atoms in total. The topological polar surface area (TPSA) is 107 Å². The molecule has 3 aliphatic heterocycles. The van der Waals surface area contributed by atoms with E-state index in [9.17, 15) is 14.7 Å². The Balaban J connectivity index is 1.10. The number of β-amino-alcohol motifs (C(OH)–C–C–N with tert-alkyl or cyclic N) is 1. The van der Waals surface area contributed by atoms with E-state index in [-0.39, 0.29) is 24.5 Å². The Labute approximate surface area is 258 Å². The van der Waals surface area contributed by atoms with Crippen LogP contribution >= 0.6 is 23.2 Å². The molecular weight excluding hydrogens is 589 g/mol. The Morgan fingerprint density at radius 3 is 2.58 bits per heavy atom. The second kappa shape index (κ2) is 11.3. The first kappa shape index (κ1) is 27.9. The Bertz CT molecular complexity index is 1710. The number of aliphatic hydroxyl groups is 1. The van der Waals surface area contributed by atoms with Gasteiger partial charge in [-0.3, -0.25) is 4.79 Å². The Kier molecular flexibility index (Phi) is 7.36. The van der Waals surface area contributed by atoms with Gasteiger partial charge in [-0.1, -0.05) is 53.5 Å². The summed E-state index contributed by atoms with van der Waals surface area (Å²) >= 11 is 13.0. The molecule has 5 heterocycles. The van der Waals surface area contributed by atoms with Gasteiger partial charge in [0.2, 0.25) is 5.91 Å². The first-order valence-corrected chi connectivity index (χ1v) is 15.3. The van der Waals surface area contributed by atoms with Crippen LogP contribution in [0.15, 0.2) is 55.0 Å². The number of amides is 3. The summed E-state index contributed by atoms with van der Waals surface area (Å²) in [6.07, 6.45) is 5.20. The van der Waals surface area contributed by atoms with Crippen molar-refractivity contribution < 1.29 is 14.7 Å². The van der Waals surface area contributed by atoms with Crippen LogP contribution in [0, 0.1) is 0 Å². The van der Waals surface area contributed by atoms with E-state index in [1.54, 1.807) is 6.07 Å². The predicted octanol–water partition coefficient (Wildman–Crippen LogP) is 4.67. The molecule has 12 heteroatoms. The van der Waals surface area contributed by atoms with Crippen LogP contribution < -0.4 is 10.2 Å². The van der Waals surface area contributed by atoms with Crippen LogP contribution in [0.3, 0.4) is 0 Å². The maximum Gasteiger partial charge on any atom is 0.322 e. The summed E-state index contributed by atoms with van der Waals surface area (Å²) in [5, 5.41) is 14.6. The SMILES string of the molecule is O=C(Cn1cc(-c2cccc(Cl)c2Cl)c2c(N3CC(O)C3)ncnc21)N1CCC(N2CCc3ccccc3NC2=O)CC1. The third kappa shape index (κ3) is 5.17. The molecule has 2 aromatic carbocycles. The van der Waals surface area contributed by atoms with Crippen LogP contribution in [-0.2, 0) is 17.8 Å². The maximum absolute atomic E-state index is 13.6. The molecular formula is C31H31Cl2N7O3. The lowest BCUT2D eigenvalue weighted by Crippen LogP contribution is -2.51. The molecule has 0 radical (unpaired) electrons. The summed E-state index contributed by atoms with van der Waals surface area (Å²) in [6.45, 7) is 2.82. The number of aromatic nitrogens is 3. The van der Waals surface area contributed by atoms with Gasteiger partial charge < -0.3 is 29.7 Å². The number of carbonyl (C=O) groups excluding carboxylic acids is 2. The number of aliphatic hydroxyl groups excluding tert-OH is 1. The van der Waals surface area contributed by atoms with E-state index in [1.807, 2.05) is 55.8 Å². The highest BCUT2D eigenvalue weighted by atomic mass is 35.5. The molecule has 222 valence electrons. The summed E-state index contributed by atoms with van der Waals surface area (Å²) in [5.74, 6) is 0.664. The van der Waals surface area contributed by atoms with Gasteiger partial charge >= 0.3 is 6.03 Å². The minimum Gasteiger partial charge on any atom is -0.389 e. The Morgan fingerprint density at radius 2 is 1.79 bits per heavy atom. The molecule has 4 aromatic rings. The number of urea groups is 1. The van der Waals surface area contributed by atoms with E-state index in [1.165, 1.54) is 6.33 Å². The van der Waals surface area contributed by atoms with Crippen molar-refractivity contribution in [1.82, 2.24) is 24.3 Å². The number of hydrogen-bond acceptors (Lipinski definition) is 6. The van der Waals surface area contributed by atoms with E-state index >= 15 is 0 Å². The maximum atomic E-state index is 13.6. The van der Waals surface area contributed by atoms with Crippen molar-refractivity contribution in [3.63, 3.8) is 0 Å². The van der Waals surface area contributed by atoms with Gasteiger partial charge in [0.15, 0.2) is 0 Å². The second-order valence-electron chi connectivity index (χ2n) is 11.4. The molecule has 3 aliphatic rings. The van der Waals surface area contributed by atoms with Crippen molar-refractivity contribution in [3.8, 4) is 11.1 Å². The minimum atomic E-state index is -0.412. The van der Waals surface area contributed by atoms with Gasteiger partial charge in [-0.2, -0.15) is 0 Å². The van der Waals surface area contributed by atoms with Crippen LogP contribution in [0.1, 0.15) is 18.4 Å². The third-order valence-corrected chi connectivity index (χ3v) is 9.56. The van der Waals surface area contributed by atoms with Crippen molar-refractivity contribution in [3.05, 3.63) is 70.6 Å². The highest BCUT2D eigenvalue weighted by Gasteiger charge is 2.33. The number of hydrogen-bond donors (Lipinski definition) is 2. The molecule has 0 atom stereocenters. The standard InChI is InChI=1S/C31H31Cl2N7O3/c32-24-6-3-5-22(28(24)33)23-16-39(30-27(23)29(34-18-35-30)38-14-21(41)15-38)17-26(42)37-11-9-20(10-12-37)40-13-8-19-4-1-2-7-25(19)36-31(40)43/h1-7,16,18,20-21,41H,8-15,17H2,(H,36,43). The summed E-state index contributed by atoms with van der Waals surface area (Å²) in [4.78, 5) is 41.6. The van der Waals surface area contributed by atoms with Crippen LogP contribution in [0.2, 0.25) is 10.0 Å². The fourth-order valence-corrected chi connectivity index (χ4v) is 6.83. The van der Waals surface area contributed by atoms with Crippen LogP contribution in [0.4, 0.5) is 16.3 Å². The Hall–Kier alpha value is -3.86. The van der Waals surface area contributed by atoms with E-state index < -0.39 is 6.10 Å². The molecule has 0 aliphatic carbocycles. The normalized spacial score (nSPS) is 17.9. The summed E-state index contributed by atoms with van der Waals surface area (Å²) < 4.78 is 1.84. The lowest BCUT2D eigenvalue weighted by atomic mass is 10.0. The molecule has 3 amide bonds. The van der Waals surface area contributed by atoms with Gasteiger partial charge in [0.25, 0.3) is 0 Å². The molecule has 2 fully saturated rings.